The van der Waals surface area contributed by atoms with E-state index in [1.165, 1.54) is 7.11 Å². The van der Waals surface area contributed by atoms with Crippen molar-refractivity contribution in [1.82, 2.24) is 0 Å². The summed E-state index contributed by atoms with van der Waals surface area (Å²) >= 11 is 3.25. The predicted octanol–water partition coefficient (Wildman–Crippen LogP) is 4.71. The summed E-state index contributed by atoms with van der Waals surface area (Å²) in [4.78, 5) is 12.4. The zero-order chi connectivity index (χ0) is 15.6. The van der Waals surface area contributed by atoms with Crippen molar-refractivity contribution in [3.63, 3.8) is 0 Å². The van der Waals surface area contributed by atoms with Crippen LogP contribution in [-0.2, 0) is 6.18 Å². The fourth-order valence-electron chi connectivity index (χ4n) is 1.82. The van der Waals surface area contributed by atoms with E-state index in [1.54, 1.807) is 18.2 Å². The Balaban J connectivity index is 2.39. The van der Waals surface area contributed by atoms with Crippen LogP contribution in [0.2, 0.25) is 0 Å². The average Bonchev–Trinajstić information content (AvgIpc) is 2.45. The number of hydrogen-bond acceptors (Lipinski definition) is 2. The van der Waals surface area contributed by atoms with Gasteiger partial charge in [0, 0.05) is 10.0 Å². The first-order chi connectivity index (χ1) is 9.82. The molecule has 2 rings (SSSR count). The molecule has 0 unspecified atom stereocenters. The Morgan fingerprint density at radius 3 is 2.24 bits per heavy atom. The van der Waals surface area contributed by atoms with Crippen molar-refractivity contribution >= 4 is 21.7 Å². The molecule has 0 radical (unpaired) electrons. The van der Waals surface area contributed by atoms with Crippen LogP contribution in [0.15, 0.2) is 46.9 Å². The molecule has 0 atom stereocenters. The lowest BCUT2D eigenvalue weighted by Gasteiger charge is -2.10. The van der Waals surface area contributed by atoms with Crippen molar-refractivity contribution in [3.8, 4) is 5.75 Å². The van der Waals surface area contributed by atoms with Gasteiger partial charge in [0.15, 0.2) is 5.78 Å². The molecule has 2 aromatic rings. The molecule has 110 valence electrons. The number of carbonyl (C=O) groups excluding carboxylic acids is 1. The number of hydrogen-bond donors (Lipinski definition) is 0. The van der Waals surface area contributed by atoms with Crippen molar-refractivity contribution in [2.75, 3.05) is 7.11 Å². The minimum absolute atomic E-state index is 0.166. The Kier molecular flexibility index (Phi) is 4.37. The monoisotopic (exact) mass is 358 g/mol. The third kappa shape index (κ3) is 3.44. The molecule has 0 fully saturated rings. The zero-order valence-corrected chi connectivity index (χ0v) is 12.5. The summed E-state index contributed by atoms with van der Waals surface area (Å²) in [5.74, 6) is -0.0371. The van der Waals surface area contributed by atoms with Crippen LogP contribution in [0.4, 0.5) is 13.2 Å². The molecule has 0 aliphatic heterocycles. The fraction of sp³-hybridized carbons (Fsp3) is 0.133. The van der Waals surface area contributed by atoms with Gasteiger partial charge in [0.25, 0.3) is 0 Å². The second-order valence-corrected chi connectivity index (χ2v) is 5.16. The van der Waals surface area contributed by atoms with Crippen LogP contribution >= 0.6 is 15.9 Å². The number of methoxy groups -OCH3 is 1. The fourth-order valence-corrected chi connectivity index (χ4v) is 2.18. The average molecular weight is 359 g/mol. The molecule has 0 saturated heterocycles. The second kappa shape index (κ2) is 5.89. The Hall–Kier alpha value is -1.82. The normalized spacial score (nSPS) is 11.3. The summed E-state index contributed by atoms with van der Waals surface area (Å²) in [5.41, 5.74) is -0.341. The van der Waals surface area contributed by atoms with Crippen molar-refractivity contribution in [3.05, 3.63) is 63.6 Å². The molecule has 21 heavy (non-hydrogen) atoms. The standard InChI is InChI=1S/C15H10BrF3O2/c1-21-13-7-6-11(16)8-12(13)14(20)9-2-4-10(5-3-9)15(17,18)19/h2-8H,1H3. The first-order valence-corrected chi connectivity index (χ1v) is 6.67. The van der Waals surface area contributed by atoms with Gasteiger partial charge in [0.05, 0.1) is 18.2 Å². The number of ketones is 1. The lowest BCUT2D eigenvalue weighted by atomic mass is 10.0. The first-order valence-electron chi connectivity index (χ1n) is 5.88. The van der Waals surface area contributed by atoms with Crippen molar-refractivity contribution < 1.29 is 22.7 Å². The minimum atomic E-state index is -4.42. The molecule has 0 heterocycles. The number of benzene rings is 2. The lowest BCUT2D eigenvalue weighted by molar-refractivity contribution is -0.137. The van der Waals surface area contributed by atoms with E-state index in [-0.39, 0.29) is 11.1 Å². The van der Waals surface area contributed by atoms with Gasteiger partial charge in [-0.25, -0.2) is 0 Å². The van der Waals surface area contributed by atoms with Gasteiger partial charge < -0.3 is 4.74 Å². The van der Waals surface area contributed by atoms with Gasteiger partial charge in [-0.1, -0.05) is 28.1 Å². The van der Waals surface area contributed by atoms with Crippen LogP contribution in [0, 0.1) is 0 Å². The molecule has 0 N–H and O–H groups in total. The molecule has 0 spiro atoms. The minimum Gasteiger partial charge on any atom is -0.496 e. The molecule has 6 heteroatoms. The van der Waals surface area contributed by atoms with Crippen LogP contribution < -0.4 is 4.74 Å². The molecule has 0 aliphatic carbocycles. The van der Waals surface area contributed by atoms with Gasteiger partial charge in [-0.3, -0.25) is 4.79 Å². The van der Waals surface area contributed by atoms with Crippen LogP contribution in [0.25, 0.3) is 0 Å². The van der Waals surface area contributed by atoms with E-state index < -0.39 is 17.5 Å². The summed E-state index contributed by atoms with van der Waals surface area (Å²) in [5, 5.41) is 0. The van der Waals surface area contributed by atoms with Crippen molar-refractivity contribution in [2.24, 2.45) is 0 Å². The topological polar surface area (TPSA) is 26.3 Å². The number of rotatable bonds is 3. The number of halogens is 4. The highest BCUT2D eigenvalue weighted by Crippen LogP contribution is 2.30. The van der Waals surface area contributed by atoms with E-state index >= 15 is 0 Å². The Morgan fingerprint density at radius 2 is 1.71 bits per heavy atom. The van der Waals surface area contributed by atoms with Gasteiger partial charge in [-0.05, 0) is 30.3 Å². The van der Waals surface area contributed by atoms with Gasteiger partial charge in [-0.2, -0.15) is 13.2 Å². The van der Waals surface area contributed by atoms with E-state index in [2.05, 4.69) is 15.9 Å². The highest BCUT2D eigenvalue weighted by Gasteiger charge is 2.30. The Labute approximate surface area is 127 Å². The molecule has 2 aromatic carbocycles. The molecule has 0 aliphatic rings. The quantitative estimate of drug-likeness (QED) is 0.743. The predicted molar refractivity (Wildman–Crippen MR) is 75.6 cm³/mol. The van der Waals surface area contributed by atoms with Gasteiger partial charge in [0.1, 0.15) is 5.75 Å². The molecular formula is C15H10BrF3O2. The number of carbonyl (C=O) groups is 1. The molecule has 2 nitrogen and oxygen atoms in total. The van der Waals surface area contributed by atoms with E-state index in [1.807, 2.05) is 0 Å². The maximum Gasteiger partial charge on any atom is 0.416 e. The number of alkyl halides is 3. The summed E-state index contributed by atoms with van der Waals surface area (Å²) < 4.78 is 43.3. The zero-order valence-electron chi connectivity index (χ0n) is 10.9. The highest BCUT2D eigenvalue weighted by molar-refractivity contribution is 9.10. The first kappa shape index (κ1) is 15.6. The third-order valence-corrected chi connectivity index (χ3v) is 3.37. The third-order valence-electron chi connectivity index (χ3n) is 2.88. The van der Waals surface area contributed by atoms with Gasteiger partial charge >= 0.3 is 6.18 Å². The van der Waals surface area contributed by atoms with Crippen LogP contribution in [0.5, 0.6) is 5.75 Å². The maximum absolute atomic E-state index is 12.5. The van der Waals surface area contributed by atoms with E-state index in [0.29, 0.717) is 10.2 Å². The van der Waals surface area contributed by atoms with Crippen LogP contribution in [0.1, 0.15) is 21.5 Å². The molecule has 0 saturated carbocycles. The van der Waals surface area contributed by atoms with Gasteiger partial charge in [0.2, 0.25) is 0 Å². The summed E-state index contributed by atoms with van der Waals surface area (Å²) in [6.07, 6.45) is -4.42. The molecular weight excluding hydrogens is 349 g/mol. The van der Waals surface area contributed by atoms with E-state index in [0.717, 1.165) is 24.3 Å². The highest BCUT2D eigenvalue weighted by atomic mass is 79.9. The van der Waals surface area contributed by atoms with E-state index in [4.69, 9.17) is 4.74 Å². The van der Waals surface area contributed by atoms with Crippen molar-refractivity contribution in [1.29, 1.82) is 0 Å². The van der Waals surface area contributed by atoms with Crippen LogP contribution in [0.3, 0.4) is 0 Å². The molecule has 0 amide bonds. The summed E-state index contributed by atoms with van der Waals surface area (Å²) in [6, 6.07) is 8.98. The summed E-state index contributed by atoms with van der Waals surface area (Å²) in [6.45, 7) is 0. The largest absolute Gasteiger partial charge is 0.496 e. The van der Waals surface area contributed by atoms with Crippen LogP contribution in [-0.4, -0.2) is 12.9 Å². The summed E-state index contributed by atoms with van der Waals surface area (Å²) in [7, 11) is 1.42. The Bertz CT molecular complexity index is 664. The Morgan fingerprint density at radius 1 is 1.10 bits per heavy atom. The molecule has 0 aromatic heterocycles. The lowest BCUT2D eigenvalue weighted by Crippen LogP contribution is -2.07. The second-order valence-electron chi connectivity index (χ2n) is 4.25. The van der Waals surface area contributed by atoms with Gasteiger partial charge in [-0.15, -0.1) is 0 Å². The smallest absolute Gasteiger partial charge is 0.416 e. The maximum atomic E-state index is 12.5. The SMILES string of the molecule is COc1ccc(Br)cc1C(=O)c1ccc(C(F)(F)F)cc1. The van der Waals surface area contributed by atoms with E-state index in [9.17, 15) is 18.0 Å². The molecule has 0 bridgehead atoms. The van der Waals surface area contributed by atoms with Crippen molar-refractivity contribution in [2.45, 2.75) is 6.18 Å². The number of ether oxygens (including phenoxy) is 1.